The maximum atomic E-state index is 5.60. The molecule has 0 heterocycles. The quantitative estimate of drug-likeness (QED) is 0.596. The van der Waals surface area contributed by atoms with Crippen LogP contribution in [0, 0.1) is 6.92 Å². The van der Waals surface area contributed by atoms with Gasteiger partial charge in [-0.05, 0) is 26.0 Å². The van der Waals surface area contributed by atoms with Gasteiger partial charge in [0.05, 0.1) is 7.11 Å². The lowest BCUT2D eigenvalue weighted by atomic mass is 10.1. The second kappa shape index (κ2) is 6.70. The van der Waals surface area contributed by atoms with Crippen molar-refractivity contribution in [2.24, 2.45) is 0 Å². The van der Waals surface area contributed by atoms with E-state index in [1.54, 1.807) is 7.11 Å². The number of ether oxygens (including phenoxy) is 1. The molecule has 0 saturated heterocycles. The summed E-state index contributed by atoms with van der Waals surface area (Å²) >= 11 is 5.60. The van der Waals surface area contributed by atoms with E-state index in [-0.39, 0.29) is 0 Å². The predicted octanol–water partition coefficient (Wildman–Crippen LogP) is 2.72. The van der Waals surface area contributed by atoms with Crippen LogP contribution < -0.4 is 10.1 Å². The number of methoxy groups -OCH3 is 1. The van der Waals surface area contributed by atoms with Crippen molar-refractivity contribution in [3.05, 3.63) is 29.3 Å². The van der Waals surface area contributed by atoms with E-state index in [4.69, 9.17) is 16.3 Å². The number of nitrogens with one attached hydrogen (secondary N) is 1. The first kappa shape index (κ1) is 12.3. The van der Waals surface area contributed by atoms with Gasteiger partial charge in [-0.25, -0.2) is 0 Å². The number of benzene rings is 1. The third-order valence-electron chi connectivity index (χ3n) is 2.24. The number of rotatable bonds is 6. The first-order chi connectivity index (χ1) is 7.27. The molecule has 0 bridgehead atoms. The molecule has 0 aliphatic heterocycles. The Bertz CT molecular complexity index is 302. The maximum absolute atomic E-state index is 5.60. The molecule has 0 unspecified atom stereocenters. The normalized spacial score (nSPS) is 10.3. The molecule has 1 aromatic carbocycles. The van der Waals surface area contributed by atoms with Gasteiger partial charge in [-0.3, -0.25) is 0 Å². The predicted molar refractivity (Wildman–Crippen MR) is 64.8 cm³/mol. The Morgan fingerprint density at radius 3 is 2.87 bits per heavy atom. The van der Waals surface area contributed by atoms with E-state index in [0.717, 1.165) is 25.3 Å². The van der Waals surface area contributed by atoms with Gasteiger partial charge in [-0.2, -0.15) is 0 Å². The Morgan fingerprint density at radius 1 is 1.40 bits per heavy atom. The van der Waals surface area contributed by atoms with Crippen molar-refractivity contribution in [3.8, 4) is 5.75 Å². The second-order valence-electron chi connectivity index (χ2n) is 3.53. The minimum atomic E-state index is 0.706. The number of alkyl halides is 1. The summed E-state index contributed by atoms with van der Waals surface area (Å²) in [5.41, 5.74) is 2.46. The van der Waals surface area contributed by atoms with Gasteiger partial charge in [0.2, 0.25) is 0 Å². The molecule has 0 atom stereocenters. The summed E-state index contributed by atoms with van der Waals surface area (Å²) in [4.78, 5) is 0. The fourth-order valence-corrected chi connectivity index (χ4v) is 1.59. The third kappa shape index (κ3) is 4.10. The first-order valence-corrected chi connectivity index (χ1v) is 5.71. The van der Waals surface area contributed by atoms with Crippen molar-refractivity contribution in [3.63, 3.8) is 0 Å². The van der Waals surface area contributed by atoms with Gasteiger partial charge in [0.25, 0.3) is 0 Å². The third-order valence-corrected chi connectivity index (χ3v) is 2.51. The van der Waals surface area contributed by atoms with E-state index in [1.807, 2.05) is 6.07 Å². The summed E-state index contributed by atoms with van der Waals surface area (Å²) < 4.78 is 5.29. The van der Waals surface area contributed by atoms with E-state index in [0.29, 0.717) is 5.88 Å². The zero-order chi connectivity index (χ0) is 11.1. The molecule has 0 amide bonds. The van der Waals surface area contributed by atoms with E-state index in [9.17, 15) is 0 Å². The fraction of sp³-hybridized carbons (Fsp3) is 0.500. The zero-order valence-electron chi connectivity index (χ0n) is 9.35. The summed E-state index contributed by atoms with van der Waals surface area (Å²) in [6.07, 6.45) is 0.996. The lowest BCUT2D eigenvalue weighted by molar-refractivity contribution is 0.407. The van der Waals surface area contributed by atoms with Crippen LogP contribution in [0.1, 0.15) is 17.5 Å². The van der Waals surface area contributed by atoms with Gasteiger partial charge in [0, 0.05) is 18.0 Å². The molecule has 2 nitrogen and oxygen atoms in total. The minimum Gasteiger partial charge on any atom is -0.496 e. The van der Waals surface area contributed by atoms with Crippen molar-refractivity contribution in [2.45, 2.75) is 19.9 Å². The SMILES string of the molecule is COc1ccc(C)cc1CNCCCCl. The number of hydrogen-bond donors (Lipinski definition) is 1. The van der Waals surface area contributed by atoms with Crippen LogP contribution in [0.25, 0.3) is 0 Å². The van der Waals surface area contributed by atoms with Gasteiger partial charge in [0.1, 0.15) is 5.75 Å². The highest BCUT2D eigenvalue weighted by Gasteiger charge is 2.01. The van der Waals surface area contributed by atoms with Gasteiger partial charge in [0.15, 0.2) is 0 Å². The van der Waals surface area contributed by atoms with Crippen LogP contribution >= 0.6 is 11.6 Å². The van der Waals surface area contributed by atoms with Gasteiger partial charge >= 0.3 is 0 Å². The van der Waals surface area contributed by atoms with E-state index in [1.165, 1.54) is 11.1 Å². The topological polar surface area (TPSA) is 21.3 Å². The van der Waals surface area contributed by atoms with Crippen molar-refractivity contribution in [1.82, 2.24) is 5.32 Å². The van der Waals surface area contributed by atoms with Crippen LogP contribution in [0.3, 0.4) is 0 Å². The summed E-state index contributed by atoms with van der Waals surface area (Å²) in [5.74, 6) is 1.65. The Labute approximate surface area is 96.6 Å². The Morgan fingerprint density at radius 2 is 2.20 bits per heavy atom. The van der Waals surface area contributed by atoms with Crippen molar-refractivity contribution < 1.29 is 4.74 Å². The maximum Gasteiger partial charge on any atom is 0.123 e. The minimum absolute atomic E-state index is 0.706. The molecule has 0 aliphatic rings. The van der Waals surface area contributed by atoms with E-state index in [2.05, 4.69) is 24.4 Å². The van der Waals surface area contributed by atoms with Crippen LogP contribution in [-0.2, 0) is 6.54 Å². The fourth-order valence-electron chi connectivity index (χ4n) is 1.46. The average Bonchev–Trinajstić information content (AvgIpc) is 2.25. The molecule has 15 heavy (non-hydrogen) atoms. The van der Waals surface area contributed by atoms with Crippen molar-refractivity contribution in [1.29, 1.82) is 0 Å². The smallest absolute Gasteiger partial charge is 0.123 e. The molecule has 0 fully saturated rings. The highest BCUT2D eigenvalue weighted by Crippen LogP contribution is 2.19. The summed E-state index contributed by atoms with van der Waals surface area (Å²) in [6.45, 7) is 3.87. The number of halogens is 1. The van der Waals surface area contributed by atoms with Crippen LogP contribution in [0.15, 0.2) is 18.2 Å². The lowest BCUT2D eigenvalue weighted by Gasteiger charge is -2.10. The molecule has 3 heteroatoms. The molecule has 0 aliphatic carbocycles. The zero-order valence-corrected chi connectivity index (χ0v) is 10.1. The van der Waals surface area contributed by atoms with Gasteiger partial charge in [-0.1, -0.05) is 17.7 Å². The summed E-state index contributed by atoms with van der Waals surface area (Å²) in [7, 11) is 1.70. The Kier molecular flexibility index (Phi) is 5.51. The molecule has 0 radical (unpaired) electrons. The van der Waals surface area contributed by atoms with Crippen LogP contribution in [-0.4, -0.2) is 19.5 Å². The van der Waals surface area contributed by atoms with E-state index < -0.39 is 0 Å². The number of aryl methyl sites for hydroxylation is 1. The highest BCUT2D eigenvalue weighted by molar-refractivity contribution is 6.17. The molecule has 1 rings (SSSR count). The van der Waals surface area contributed by atoms with E-state index >= 15 is 0 Å². The summed E-state index contributed by atoms with van der Waals surface area (Å²) in [6, 6.07) is 6.21. The van der Waals surface area contributed by atoms with Crippen LogP contribution in [0.5, 0.6) is 5.75 Å². The van der Waals surface area contributed by atoms with Crippen LogP contribution in [0.2, 0.25) is 0 Å². The molecule has 0 spiro atoms. The largest absolute Gasteiger partial charge is 0.496 e. The van der Waals surface area contributed by atoms with Crippen LogP contribution in [0.4, 0.5) is 0 Å². The highest BCUT2D eigenvalue weighted by atomic mass is 35.5. The average molecular weight is 228 g/mol. The molecule has 84 valence electrons. The van der Waals surface area contributed by atoms with Crippen molar-refractivity contribution >= 4 is 11.6 Å². The molecular formula is C12H18ClNO. The monoisotopic (exact) mass is 227 g/mol. The standard InChI is InChI=1S/C12H18ClNO/c1-10-4-5-12(15-2)11(8-10)9-14-7-3-6-13/h4-5,8,14H,3,6-7,9H2,1-2H3. The Hall–Kier alpha value is -0.730. The van der Waals surface area contributed by atoms with Gasteiger partial charge < -0.3 is 10.1 Å². The molecule has 1 N–H and O–H groups in total. The summed E-state index contributed by atoms with van der Waals surface area (Å²) in [5, 5.41) is 3.34. The lowest BCUT2D eigenvalue weighted by Crippen LogP contribution is -2.15. The molecule has 0 saturated carbocycles. The molecule has 1 aromatic rings. The second-order valence-corrected chi connectivity index (χ2v) is 3.91. The number of hydrogen-bond acceptors (Lipinski definition) is 2. The molecular weight excluding hydrogens is 210 g/mol. The first-order valence-electron chi connectivity index (χ1n) is 5.18. The molecule has 0 aromatic heterocycles. The van der Waals surface area contributed by atoms with Gasteiger partial charge in [-0.15, -0.1) is 11.6 Å². The Balaban J connectivity index is 2.54. The van der Waals surface area contributed by atoms with Crippen molar-refractivity contribution in [2.75, 3.05) is 19.5 Å².